The van der Waals surface area contributed by atoms with Gasteiger partial charge in [0.15, 0.2) is 0 Å². The molecule has 0 atom stereocenters. The van der Waals surface area contributed by atoms with E-state index < -0.39 is 29.8 Å². The zero-order valence-electron chi connectivity index (χ0n) is 16.1. The second-order valence-corrected chi connectivity index (χ2v) is 6.15. The number of nitrogens with one attached hydrogen (secondary N) is 1. The lowest BCUT2D eigenvalue weighted by atomic mass is 10.2. The summed E-state index contributed by atoms with van der Waals surface area (Å²) < 4.78 is 47.6. The van der Waals surface area contributed by atoms with Crippen LogP contribution in [0.2, 0.25) is 0 Å². The first kappa shape index (κ1) is 21.7. The molecule has 0 spiro atoms. The van der Waals surface area contributed by atoms with E-state index in [0.717, 1.165) is 22.9 Å². The number of pyridine rings is 1. The third-order valence-electron chi connectivity index (χ3n) is 4.03. The fourth-order valence-corrected chi connectivity index (χ4v) is 2.77. The quantitative estimate of drug-likeness (QED) is 0.612. The van der Waals surface area contributed by atoms with Crippen LogP contribution < -0.4 is 15.7 Å². The van der Waals surface area contributed by atoms with Crippen molar-refractivity contribution in [3.05, 3.63) is 65.0 Å². The van der Waals surface area contributed by atoms with Crippen LogP contribution in [-0.2, 0) is 11.3 Å². The average Bonchev–Trinajstić information content (AvgIpc) is 2.96. The maximum atomic E-state index is 12.8. The van der Waals surface area contributed by atoms with Gasteiger partial charge in [-0.15, -0.1) is 13.2 Å². The Labute approximate surface area is 173 Å². The van der Waals surface area contributed by atoms with Crippen LogP contribution in [0.4, 0.5) is 23.7 Å². The van der Waals surface area contributed by atoms with Crippen molar-refractivity contribution in [2.45, 2.75) is 19.8 Å². The van der Waals surface area contributed by atoms with Crippen molar-refractivity contribution in [1.82, 2.24) is 14.1 Å². The zero-order chi connectivity index (χ0) is 22.6. The number of anilines is 1. The van der Waals surface area contributed by atoms with Crippen LogP contribution in [0.25, 0.3) is 5.69 Å². The molecule has 0 radical (unpaired) electrons. The van der Waals surface area contributed by atoms with Gasteiger partial charge in [-0.3, -0.25) is 14.9 Å². The van der Waals surface area contributed by atoms with E-state index in [2.05, 4.69) is 15.0 Å². The average molecular weight is 438 g/mol. The summed E-state index contributed by atoms with van der Waals surface area (Å²) in [6.45, 7) is 1.79. The second-order valence-electron chi connectivity index (χ2n) is 6.15. The molecule has 164 valence electrons. The van der Waals surface area contributed by atoms with Crippen LogP contribution in [0, 0.1) is 0 Å². The van der Waals surface area contributed by atoms with Gasteiger partial charge >= 0.3 is 18.1 Å². The largest absolute Gasteiger partial charge is 0.573 e. The van der Waals surface area contributed by atoms with Gasteiger partial charge in [0, 0.05) is 6.20 Å². The normalized spacial score (nSPS) is 11.2. The first-order chi connectivity index (χ1) is 14.7. The topological polar surface area (TPSA) is 108 Å². The van der Waals surface area contributed by atoms with Gasteiger partial charge in [-0.2, -0.15) is 0 Å². The molecule has 0 aliphatic rings. The minimum atomic E-state index is -4.84. The van der Waals surface area contributed by atoms with Crippen LogP contribution in [0.5, 0.6) is 11.6 Å². The predicted octanol–water partition coefficient (Wildman–Crippen LogP) is 3.25. The number of halogens is 3. The molecule has 31 heavy (non-hydrogen) atoms. The Bertz CT molecular complexity index is 1120. The minimum absolute atomic E-state index is 0.0288. The van der Waals surface area contributed by atoms with E-state index in [1.165, 1.54) is 29.1 Å². The van der Waals surface area contributed by atoms with Crippen LogP contribution in [-0.4, -0.2) is 38.3 Å². The van der Waals surface area contributed by atoms with Crippen LogP contribution >= 0.6 is 0 Å². The first-order valence-electron chi connectivity index (χ1n) is 8.92. The summed E-state index contributed by atoms with van der Waals surface area (Å²) in [5.74, 6) is -0.891. The molecule has 1 amide bonds. The molecule has 2 N–H and O–H groups in total. The number of aromatic nitrogens is 3. The van der Waals surface area contributed by atoms with E-state index in [4.69, 9.17) is 4.74 Å². The Balaban J connectivity index is 1.86. The Morgan fingerprint density at radius 3 is 2.58 bits per heavy atom. The van der Waals surface area contributed by atoms with E-state index >= 15 is 0 Å². The van der Waals surface area contributed by atoms with Gasteiger partial charge in [-0.05, 0) is 42.8 Å². The third-order valence-corrected chi connectivity index (χ3v) is 4.03. The highest BCUT2D eigenvalue weighted by Crippen LogP contribution is 2.25. The molecule has 0 saturated carbocycles. The maximum Gasteiger partial charge on any atom is 0.573 e. The highest BCUT2D eigenvalue weighted by molar-refractivity contribution is 5.85. The number of benzene rings is 1. The third kappa shape index (κ3) is 5.35. The fraction of sp³-hybridized carbons (Fsp3) is 0.211. The molecule has 0 saturated heterocycles. The highest BCUT2D eigenvalue weighted by atomic mass is 19.4. The number of hydrogen-bond acceptors (Lipinski definition) is 6. The van der Waals surface area contributed by atoms with Crippen LogP contribution in [0.1, 0.15) is 12.5 Å². The Morgan fingerprint density at radius 2 is 1.94 bits per heavy atom. The molecule has 0 unspecified atom stereocenters. The number of carbonyl (C=O) groups excluding carboxylic acids is 1. The summed E-state index contributed by atoms with van der Waals surface area (Å²) in [6, 6.07) is 6.03. The summed E-state index contributed by atoms with van der Waals surface area (Å²) in [7, 11) is 0. The maximum absolute atomic E-state index is 12.8. The molecule has 3 aromatic rings. The van der Waals surface area contributed by atoms with Gasteiger partial charge < -0.3 is 14.6 Å². The van der Waals surface area contributed by atoms with Crippen molar-refractivity contribution in [1.29, 1.82) is 0 Å². The molecule has 12 heteroatoms. The molecular weight excluding hydrogens is 421 g/mol. The number of carbonyl (C=O) groups is 1. The number of ether oxygens (including phenoxy) is 2. The van der Waals surface area contributed by atoms with Gasteiger partial charge in [0.25, 0.3) is 0 Å². The van der Waals surface area contributed by atoms with E-state index in [0.29, 0.717) is 11.3 Å². The Kier molecular flexibility index (Phi) is 6.18. The lowest BCUT2D eigenvalue weighted by Crippen LogP contribution is -2.24. The molecule has 2 heterocycles. The number of nitrogens with zero attached hydrogens (tertiary/aromatic N) is 3. The molecule has 3 rings (SSSR count). The highest BCUT2D eigenvalue weighted by Gasteiger charge is 2.31. The van der Waals surface area contributed by atoms with E-state index in [1.54, 1.807) is 13.0 Å². The number of rotatable bonds is 6. The van der Waals surface area contributed by atoms with Gasteiger partial charge in [-0.25, -0.2) is 14.2 Å². The summed E-state index contributed by atoms with van der Waals surface area (Å²) in [5, 5.41) is 12.7. The van der Waals surface area contributed by atoms with Gasteiger partial charge in [0.05, 0.1) is 36.9 Å². The summed E-state index contributed by atoms with van der Waals surface area (Å²) in [6.07, 6.45) is -1.52. The number of amides is 1. The van der Waals surface area contributed by atoms with Crippen LogP contribution in [0.3, 0.4) is 0 Å². The molecule has 2 aromatic heterocycles. The predicted molar refractivity (Wildman–Crippen MR) is 102 cm³/mol. The lowest BCUT2D eigenvalue weighted by Gasteiger charge is -2.10. The molecule has 9 nitrogen and oxygen atoms in total. The Morgan fingerprint density at radius 1 is 1.23 bits per heavy atom. The van der Waals surface area contributed by atoms with Crippen molar-refractivity contribution in [3.8, 4) is 17.3 Å². The minimum Gasteiger partial charge on any atom is -0.493 e. The number of aromatic hydroxyl groups is 1. The van der Waals surface area contributed by atoms with Crippen molar-refractivity contribution < 1.29 is 32.5 Å². The smallest absolute Gasteiger partial charge is 0.493 e. The molecular formula is C19H17F3N4O5. The van der Waals surface area contributed by atoms with Crippen molar-refractivity contribution in [3.63, 3.8) is 0 Å². The zero-order valence-corrected chi connectivity index (χ0v) is 16.1. The molecule has 0 fully saturated rings. The molecule has 0 aliphatic carbocycles. The van der Waals surface area contributed by atoms with E-state index in [-0.39, 0.29) is 18.8 Å². The molecule has 0 aliphatic heterocycles. The lowest BCUT2D eigenvalue weighted by molar-refractivity contribution is -0.274. The standard InChI is InChI=1S/C19H17F3N4O5/c1-2-30-17(28)24-15-9-23-8-7-12(15)10-25-11-16(27)26(18(25)29)13-3-5-14(6-4-13)31-19(20,21)22/h3-9,11,27H,2,10H2,1H3,(H,24,28). The number of alkyl halides is 3. The van der Waals surface area contributed by atoms with Gasteiger partial charge in [0.2, 0.25) is 5.88 Å². The monoisotopic (exact) mass is 438 g/mol. The SMILES string of the molecule is CCOC(=O)Nc1cnccc1Cn1cc(O)n(-c2ccc(OC(F)(F)F)cc2)c1=O. The fourth-order valence-electron chi connectivity index (χ4n) is 2.77. The van der Waals surface area contributed by atoms with Gasteiger partial charge in [-0.1, -0.05) is 0 Å². The summed E-state index contributed by atoms with van der Waals surface area (Å²) >= 11 is 0. The van der Waals surface area contributed by atoms with Gasteiger partial charge in [0.1, 0.15) is 5.75 Å². The number of hydrogen-bond donors (Lipinski definition) is 2. The van der Waals surface area contributed by atoms with Crippen LogP contribution in [0.15, 0.2) is 53.7 Å². The van der Waals surface area contributed by atoms with E-state index in [9.17, 15) is 27.9 Å². The summed E-state index contributed by atoms with van der Waals surface area (Å²) in [4.78, 5) is 28.4. The van der Waals surface area contributed by atoms with E-state index in [1.807, 2.05) is 0 Å². The Hall–Kier alpha value is -3.96. The second kappa shape index (κ2) is 8.81. The number of imidazole rings is 1. The first-order valence-corrected chi connectivity index (χ1v) is 8.92. The summed E-state index contributed by atoms with van der Waals surface area (Å²) in [5.41, 5.74) is 0.307. The van der Waals surface area contributed by atoms with Crippen molar-refractivity contribution in [2.24, 2.45) is 0 Å². The van der Waals surface area contributed by atoms with Crippen molar-refractivity contribution in [2.75, 3.05) is 11.9 Å². The van der Waals surface area contributed by atoms with Crippen molar-refractivity contribution >= 4 is 11.8 Å². The molecule has 0 bridgehead atoms. The molecule has 1 aromatic carbocycles.